The number of hydrogen-bond acceptors (Lipinski definition) is 4. The van der Waals surface area contributed by atoms with Crippen molar-refractivity contribution < 1.29 is 9.47 Å². The van der Waals surface area contributed by atoms with Gasteiger partial charge in [0.1, 0.15) is 22.2 Å². The Kier molecular flexibility index (Phi) is 5.47. The molecular formula is C16H17NO2S2. The van der Waals surface area contributed by atoms with Crippen molar-refractivity contribution in [2.24, 2.45) is 5.73 Å². The highest BCUT2D eigenvalue weighted by molar-refractivity contribution is 7.98. The van der Waals surface area contributed by atoms with Gasteiger partial charge in [-0.25, -0.2) is 0 Å². The molecule has 110 valence electrons. The highest BCUT2D eigenvalue weighted by Gasteiger charge is 2.12. The Labute approximate surface area is 134 Å². The summed E-state index contributed by atoms with van der Waals surface area (Å²) >= 11 is 6.73. The molecule has 2 rings (SSSR count). The van der Waals surface area contributed by atoms with Crippen LogP contribution >= 0.6 is 24.0 Å². The Hall–Kier alpha value is -1.72. The van der Waals surface area contributed by atoms with Crippen molar-refractivity contribution in [3.05, 3.63) is 48.0 Å². The van der Waals surface area contributed by atoms with Crippen LogP contribution in [0.5, 0.6) is 17.2 Å². The summed E-state index contributed by atoms with van der Waals surface area (Å²) in [5.41, 5.74) is 6.60. The summed E-state index contributed by atoms with van der Waals surface area (Å²) in [4.78, 5) is 1.33. The molecule has 0 bridgehead atoms. The van der Waals surface area contributed by atoms with E-state index in [0.717, 1.165) is 16.2 Å². The summed E-state index contributed by atoms with van der Waals surface area (Å²) in [5, 5.41) is 0. The molecular weight excluding hydrogens is 302 g/mol. The summed E-state index contributed by atoms with van der Waals surface area (Å²) in [7, 11) is 0. The smallest absolute Gasteiger partial charge is 0.138 e. The largest absolute Gasteiger partial charge is 0.494 e. The predicted molar refractivity (Wildman–Crippen MR) is 91.8 cm³/mol. The summed E-state index contributed by atoms with van der Waals surface area (Å²) in [6, 6.07) is 13.3. The van der Waals surface area contributed by atoms with E-state index in [-0.39, 0.29) is 0 Å². The zero-order valence-corrected chi connectivity index (χ0v) is 13.6. The lowest BCUT2D eigenvalue weighted by molar-refractivity contribution is 0.338. The van der Waals surface area contributed by atoms with Crippen LogP contribution in [-0.2, 0) is 0 Å². The number of rotatable bonds is 6. The average Bonchev–Trinajstić information content (AvgIpc) is 2.47. The van der Waals surface area contributed by atoms with Crippen LogP contribution in [0.2, 0.25) is 0 Å². The van der Waals surface area contributed by atoms with Crippen molar-refractivity contribution in [3.8, 4) is 17.2 Å². The Balaban J connectivity index is 2.35. The maximum atomic E-state index is 5.94. The zero-order valence-electron chi connectivity index (χ0n) is 12.0. The Morgan fingerprint density at radius 2 is 1.90 bits per heavy atom. The maximum absolute atomic E-state index is 5.94. The highest BCUT2D eigenvalue weighted by Crippen LogP contribution is 2.33. The fraction of sp³-hybridized carbons (Fsp3) is 0.188. The van der Waals surface area contributed by atoms with Gasteiger partial charge in [0.2, 0.25) is 0 Å². The van der Waals surface area contributed by atoms with Crippen LogP contribution in [-0.4, -0.2) is 17.9 Å². The second-order valence-corrected chi connectivity index (χ2v) is 5.50. The van der Waals surface area contributed by atoms with E-state index in [4.69, 9.17) is 27.4 Å². The van der Waals surface area contributed by atoms with E-state index < -0.39 is 0 Å². The molecule has 3 nitrogen and oxygen atoms in total. The van der Waals surface area contributed by atoms with Crippen LogP contribution in [0.3, 0.4) is 0 Å². The Bertz CT molecular complexity index is 644. The number of thiocarbonyl (C=S) groups is 1. The van der Waals surface area contributed by atoms with Gasteiger partial charge in [-0.2, -0.15) is 0 Å². The van der Waals surface area contributed by atoms with Crippen molar-refractivity contribution in [1.29, 1.82) is 0 Å². The van der Waals surface area contributed by atoms with E-state index in [2.05, 4.69) is 0 Å². The van der Waals surface area contributed by atoms with Crippen LogP contribution < -0.4 is 15.2 Å². The van der Waals surface area contributed by atoms with Crippen LogP contribution in [0.1, 0.15) is 12.5 Å². The molecule has 2 N–H and O–H groups in total. The van der Waals surface area contributed by atoms with Gasteiger partial charge in [-0.05, 0) is 37.4 Å². The predicted octanol–water partition coefficient (Wildman–Crippen LogP) is 4.23. The SMILES string of the molecule is CCOc1cccc(Oc2cccc(SC)c2C(N)=S)c1. The second kappa shape index (κ2) is 7.33. The Morgan fingerprint density at radius 3 is 2.57 bits per heavy atom. The van der Waals surface area contributed by atoms with Crippen molar-refractivity contribution in [3.63, 3.8) is 0 Å². The van der Waals surface area contributed by atoms with Gasteiger partial charge < -0.3 is 15.2 Å². The minimum absolute atomic E-state index is 0.330. The molecule has 21 heavy (non-hydrogen) atoms. The number of benzene rings is 2. The van der Waals surface area contributed by atoms with Gasteiger partial charge in [0, 0.05) is 11.0 Å². The number of thioether (sulfide) groups is 1. The molecule has 0 radical (unpaired) electrons. The molecule has 0 aromatic heterocycles. The second-order valence-electron chi connectivity index (χ2n) is 4.21. The summed E-state index contributed by atoms with van der Waals surface area (Å²) in [6.07, 6.45) is 1.98. The van der Waals surface area contributed by atoms with Gasteiger partial charge in [-0.3, -0.25) is 0 Å². The minimum Gasteiger partial charge on any atom is -0.494 e. The normalized spacial score (nSPS) is 10.2. The van der Waals surface area contributed by atoms with Crippen LogP contribution in [0.25, 0.3) is 0 Å². The molecule has 0 saturated carbocycles. The van der Waals surface area contributed by atoms with Gasteiger partial charge in [-0.15, -0.1) is 11.8 Å². The summed E-state index contributed by atoms with van der Waals surface area (Å²) < 4.78 is 11.4. The third-order valence-corrected chi connectivity index (χ3v) is 3.78. The van der Waals surface area contributed by atoms with Crippen molar-refractivity contribution in [2.45, 2.75) is 11.8 Å². The van der Waals surface area contributed by atoms with Crippen LogP contribution in [0, 0.1) is 0 Å². The fourth-order valence-electron chi connectivity index (χ4n) is 1.93. The van der Waals surface area contributed by atoms with E-state index in [1.165, 1.54) is 0 Å². The third-order valence-electron chi connectivity index (χ3n) is 2.80. The topological polar surface area (TPSA) is 44.5 Å². The van der Waals surface area contributed by atoms with E-state index in [9.17, 15) is 0 Å². The zero-order chi connectivity index (χ0) is 15.2. The van der Waals surface area contributed by atoms with Crippen molar-refractivity contribution in [1.82, 2.24) is 0 Å². The number of hydrogen-bond donors (Lipinski definition) is 1. The first kappa shape index (κ1) is 15.7. The maximum Gasteiger partial charge on any atom is 0.138 e. The van der Waals surface area contributed by atoms with E-state index in [0.29, 0.717) is 23.1 Å². The van der Waals surface area contributed by atoms with E-state index >= 15 is 0 Å². The summed E-state index contributed by atoms with van der Waals surface area (Å²) in [6.45, 7) is 2.56. The van der Waals surface area contributed by atoms with Gasteiger partial charge in [0.05, 0.1) is 12.2 Å². The molecule has 2 aromatic rings. The Morgan fingerprint density at radius 1 is 1.19 bits per heavy atom. The van der Waals surface area contributed by atoms with Crippen molar-refractivity contribution in [2.75, 3.05) is 12.9 Å². The molecule has 0 fully saturated rings. The third kappa shape index (κ3) is 3.89. The van der Waals surface area contributed by atoms with Gasteiger partial charge in [-0.1, -0.05) is 24.4 Å². The molecule has 0 aliphatic heterocycles. The lowest BCUT2D eigenvalue weighted by atomic mass is 10.2. The molecule has 0 amide bonds. The highest BCUT2D eigenvalue weighted by atomic mass is 32.2. The molecule has 0 unspecified atom stereocenters. The molecule has 2 aromatic carbocycles. The monoisotopic (exact) mass is 319 g/mol. The first-order valence-electron chi connectivity index (χ1n) is 6.53. The molecule has 0 atom stereocenters. The van der Waals surface area contributed by atoms with Gasteiger partial charge in [0.25, 0.3) is 0 Å². The number of nitrogens with two attached hydrogens (primary N) is 1. The molecule has 0 saturated heterocycles. The molecule has 5 heteroatoms. The lowest BCUT2D eigenvalue weighted by Crippen LogP contribution is -2.12. The quantitative estimate of drug-likeness (QED) is 0.637. The molecule has 0 spiro atoms. The van der Waals surface area contributed by atoms with Crippen LogP contribution in [0.15, 0.2) is 47.4 Å². The fourth-order valence-corrected chi connectivity index (χ4v) is 2.83. The molecule has 0 aliphatic rings. The van der Waals surface area contributed by atoms with Crippen LogP contribution in [0.4, 0.5) is 0 Å². The first-order valence-corrected chi connectivity index (χ1v) is 8.16. The molecule has 0 aliphatic carbocycles. The average molecular weight is 319 g/mol. The van der Waals surface area contributed by atoms with Crippen molar-refractivity contribution >= 4 is 29.0 Å². The lowest BCUT2D eigenvalue weighted by Gasteiger charge is -2.14. The molecule has 0 heterocycles. The standard InChI is InChI=1S/C16H17NO2S2/c1-3-18-11-6-4-7-12(10-11)19-13-8-5-9-14(21-2)15(13)16(17)20/h4-10H,3H2,1-2H3,(H2,17,20). The van der Waals surface area contributed by atoms with Gasteiger partial charge in [0.15, 0.2) is 0 Å². The first-order chi connectivity index (χ1) is 10.2. The summed E-state index contributed by atoms with van der Waals surface area (Å²) in [5.74, 6) is 2.12. The van der Waals surface area contributed by atoms with E-state index in [1.54, 1.807) is 11.8 Å². The van der Waals surface area contributed by atoms with E-state index in [1.807, 2.05) is 55.6 Å². The number of ether oxygens (including phenoxy) is 2. The van der Waals surface area contributed by atoms with Gasteiger partial charge >= 0.3 is 0 Å². The minimum atomic E-state index is 0.330.